The lowest BCUT2D eigenvalue weighted by Crippen LogP contribution is -2.27. The average Bonchev–Trinajstić information content (AvgIpc) is 2.71. The Morgan fingerprint density at radius 3 is 2.43 bits per heavy atom. The third-order valence-corrected chi connectivity index (χ3v) is 5.07. The van der Waals surface area contributed by atoms with Crippen molar-refractivity contribution in [3.8, 4) is 11.5 Å². The fourth-order valence-corrected chi connectivity index (χ4v) is 3.18. The van der Waals surface area contributed by atoms with E-state index in [2.05, 4.69) is 24.1 Å². The van der Waals surface area contributed by atoms with Crippen LogP contribution in [0.15, 0.2) is 36.4 Å². The lowest BCUT2D eigenvalue weighted by Gasteiger charge is -2.17. The highest BCUT2D eigenvalue weighted by Crippen LogP contribution is 2.30. The predicted molar refractivity (Wildman–Crippen MR) is 127 cm³/mol. The molecule has 8 heteroatoms. The summed E-state index contributed by atoms with van der Waals surface area (Å²) in [6, 6.07) is 10.4. The highest BCUT2D eigenvalue weighted by atomic mass is 35.5. The molecule has 2 rings (SSSR count). The average molecular weight is 482 g/mol. The summed E-state index contributed by atoms with van der Waals surface area (Å²) in [6.45, 7) is 9.43. The minimum atomic E-state index is -0.378. The van der Waals surface area contributed by atoms with Gasteiger partial charge >= 0.3 is 0 Å². The van der Waals surface area contributed by atoms with E-state index in [0.29, 0.717) is 22.1 Å². The summed E-state index contributed by atoms with van der Waals surface area (Å²) < 4.78 is 25.1. The monoisotopic (exact) mass is 480 g/mol. The number of nitrogens with one attached hydrogen (secondary N) is 1. The maximum Gasteiger partial charge on any atom is 0.161 e. The maximum absolute atomic E-state index is 13.9. The zero-order valence-electron chi connectivity index (χ0n) is 17.7. The minimum absolute atomic E-state index is 0. The Hall–Kier alpha value is -1.24. The number of nitrogens with zero attached hydrogens (tertiary/aromatic N) is 1. The van der Waals surface area contributed by atoms with Crippen molar-refractivity contribution >= 4 is 36.4 Å². The highest BCUT2D eigenvalue weighted by Gasteiger charge is 2.11. The van der Waals surface area contributed by atoms with Crippen molar-refractivity contribution in [1.82, 2.24) is 10.2 Å². The zero-order valence-corrected chi connectivity index (χ0v) is 20.1. The van der Waals surface area contributed by atoms with Crippen LogP contribution in [0.2, 0.25) is 5.02 Å². The quantitative estimate of drug-likeness (QED) is 0.392. The summed E-state index contributed by atoms with van der Waals surface area (Å²) in [5, 5.41) is 3.81. The molecule has 2 aromatic carbocycles. The lowest BCUT2D eigenvalue weighted by molar-refractivity contribution is 0.279. The molecule has 0 saturated heterocycles. The van der Waals surface area contributed by atoms with Gasteiger partial charge in [-0.05, 0) is 62.4 Å². The van der Waals surface area contributed by atoms with Crippen molar-refractivity contribution in [3.05, 3.63) is 58.4 Å². The Morgan fingerprint density at radius 1 is 1.07 bits per heavy atom. The Kier molecular flexibility index (Phi) is 14.9. The molecule has 4 nitrogen and oxygen atoms in total. The molecule has 170 valence electrons. The van der Waals surface area contributed by atoms with Crippen LogP contribution in [-0.4, -0.2) is 38.2 Å². The van der Waals surface area contributed by atoms with E-state index in [1.807, 2.05) is 18.2 Å². The van der Waals surface area contributed by atoms with Crippen LogP contribution in [0.1, 0.15) is 31.4 Å². The van der Waals surface area contributed by atoms with Crippen LogP contribution in [-0.2, 0) is 13.2 Å². The van der Waals surface area contributed by atoms with Crippen LogP contribution < -0.4 is 14.8 Å². The van der Waals surface area contributed by atoms with E-state index in [1.165, 1.54) is 6.07 Å². The van der Waals surface area contributed by atoms with Crippen molar-refractivity contribution in [2.24, 2.45) is 0 Å². The molecule has 0 fully saturated rings. The number of hydrogen-bond acceptors (Lipinski definition) is 4. The smallest absolute Gasteiger partial charge is 0.161 e. The van der Waals surface area contributed by atoms with E-state index in [9.17, 15) is 4.39 Å². The standard InChI is InChI=1S/C22H30ClFN2O2.2ClH/c1-4-26(5-2)13-7-12-25-15-17-10-11-21(22(14-17)27-3)28-16-18-19(23)8-6-9-20(18)24;;/h6,8-11,14,25H,4-5,7,12-13,15-16H2,1-3H3;2*1H. The molecule has 2 aromatic rings. The summed E-state index contributed by atoms with van der Waals surface area (Å²) in [5.74, 6) is 0.805. The highest BCUT2D eigenvalue weighted by molar-refractivity contribution is 6.31. The van der Waals surface area contributed by atoms with Gasteiger partial charge in [0.05, 0.1) is 12.1 Å². The molecule has 0 spiro atoms. The summed E-state index contributed by atoms with van der Waals surface area (Å²) >= 11 is 6.05. The van der Waals surface area contributed by atoms with E-state index in [-0.39, 0.29) is 37.2 Å². The van der Waals surface area contributed by atoms with Gasteiger partial charge in [-0.3, -0.25) is 0 Å². The first kappa shape index (κ1) is 28.8. The Morgan fingerprint density at radius 2 is 1.80 bits per heavy atom. The van der Waals surface area contributed by atoms with Crippen molar-refractivity contribution in [2.75, 3.05) is 33.3 Å². The molecule has 0 aliphatic heterocycles. The summed E-state index contributed by atoms with van der Waals surface area (Å²) in [4.78, 5) is 2.42. The number of methoxy groups -OCH3 is 1. The third kappa shape index (κ3) is 8.86. The van der Waals surface area contributed by atoms with Crippen LogP contribution in [0.25, 0.3) is 0 Å². The zero-order chi connectivity index (χ0) is 20.4. The van der Waals surface area contributed by atoms with E-state index in [1.54, 1.807) is 19.2 Å². The number of rotatable bonds is 12. The molecule has 0 atom stereocenters. The Bertz CT molecular complexity index is 726. The molecule has 0 unspecified atom stereocenters. The fourth-order valence-electron chi connectivity index (χ4n) is 2.96. The first-order valence-corrected chi connectivity index (χ1v) is 10.1. The van der Waals surface area contributed by atoms with Gasteiger partial charge in [-0.1, -0.05) is 37.6 Å². The van der Waals surface area contributed by atoms with Crippen molar-refractivity contribution < 1.29 is 13.9 Å². The summed E-state index contributed by atoms with van der Waals surface area (Å²) in [5.41, 5.74) is 1.45. The molecule has 0 bridgehead atoms. The van der Waals surface area contributed by atoms with Gasteiger partial charge in [0.15, 0.2) is 11.5 Å². The largest absolute Gasteiger partial charge is 0.493 e. The lowest BCUT2D eigenvalue weighted by atomic mass is 10.2. The predicted octanol–water partition coefficient (Wildman–Crippen LogP) is 5.73. The van der Waals surface area contributed by atoms with E-state index >= 15 is 0 Å². The number of ether oxygens (including phenoxy) is 2. The van der Waals surface area contributed by atoms with Crippen LogP contribution in [0.3, 0.4) is 0 Å². The summed E-state index contributed by atoms with van der Waals surface area (Å²) in [7, 11) is 1.60. The van der Waals surface area contributed by atoms with Crippen molar-refractivity contribution in [2.45, 2.75) is 33.4 Å². The van der Waals surface area contributed by atoms with Gasteiger partial charge in [-0.15, -0.1) is 24.8 Å². The van der Waals surface area contributed by atoms with E-state index < -0.39 is 0 Å². The fraction of sp³-hybridized carbons (Fsp3) is 0.455. The molecule has 0 radical (unpaired) electrons. The third-order valence-electron chi connectivity index (χ3n) is 4.71. The van der Waals surface area contributed by atoms with Gasteiger partial charge in [0.2, 0.25) is 0 Å². The second kappa shape index (κ2) is 15.5. The molecule has 0 amide bonds. The molecule has 1 N–H and O–H groups in total. The summed E-state index contributed by atoms with van der Waals surface area (Å²) in [6.07, 6.45) is 1.11. The van der Waals surface area contributed by atoms with E-state index in [0.717, 1.165) is 44.7 Å². The van der Waals surface area contributed by atoms with Crippen LogP contribution >= 0.6 is 36.4 Å². The number of benzene rings is 2. The van der Waals surface area contributed by atoms with Crippen LogP contribution in [0.5, 0.6) is 11.5 Å². The second-order valence-electron chi connectivity index (χ2n) is 6.53. The topological polar surface area (TPSA) is 33.7 Å². The van der Waals surface area contributed by atoms with E-state index in [4.69, 9.17) is 21.1 Å². The molecule has 0 saturated carbocycles. The maximum atomic E-state index is 13.9. The van der Waals surface area contributed by atoms with Gasteiger partial charge in [-0.25, -0.2) is 4.39 Å². The number of halogens is 4. The van der Waals surface area contributed by atoms with Crippen LogP contribution in [0, 0.1) is 5.82 Å². The van der Waals surface area contributed by atoms with Crippen molar-refractivity contribution in [1.29, 1.82) is 0 Å². The molecule has 0 aliphatic carbocycles. The minimum Gasteiger partial charge on any atom is -0.493 e. The van der Waals surface area contributed by atoms with Crippen molar-refractivity contribution in [3.63, 3.8) is 0 Å². The molecular formula is C22H32Cl3FN2O2. The molecular weight excluding hydrogens is 450 g/mol. The molecule has 0 aromatic heterocycles. The second-order valence-corrected chi connectivity index (χ2v) is 6.94. The van der Waals surface area contributed by atoms with Gasteiger partial charge in [0.1, 0.15) is 12.4 Å². The number of hydrogen-bond donors (Lipinski definition) is 1. The van der Waals surface area contributed by atoms with Crippen LogP contribution in [0.4, 0.5) is 4.39 Å². The van der Waals surface area contributed by atoms with Gasteiger partial charge in [0, 0.05) is 12.1 Å². The molecule has 0 heterocycles. The van der Waals surface area contributed by atoms with Gasteiger partial charge < -0.3 is 19.7 Å². The molecule has 30 heavy (non-hydrogen) atoms. The van der Waals surface area contributed by atoms with Gasteiger partial charge in [-0.2, -0.15) is 0 Å². The SMILES string of the molecule is CCN(CC)CCCNCc1ccc(OCc2c(F)cccc2Cl)c(OC)c1.Cl.Cl. The molecule has 0 aliphatic rings. The first-order chi connectivity index (χ1) is 13.6. The first-order valence-electron chi connectivity index (χ1n) is 9.74. The Labute approximate surface area is 196 Å². The normalized spacial score (nSPS) is 10.3. The van der Waals surface area contributed by atoms with Gasteiger partial charge in [0.25, 0.3) is 0 Å². The Balaban J connectivity index is 0.00000420.